The van der Waals surface area contributed by atoms with Crippen molar-refractivity contribution >= 4 is 81.7 Å². The molecule has 0 amide bonds. The summed E-state index contributed by atoms with van der Waals surface area (Å²) in [6.07, 6.45) is 0. The molecular formula is C45H27N3. The predicted molar refractivity (Wildman–Crippen MR) is 202 cm³/mol. The molecule has 3 heterocycles. The molecule has 0 N–H and O–H groups in total. The lowest BCUT2D eigenvalue weighted by atomic mass is 9.97. The molecule has 0 bridgehead atoms. The van der Waals surface area contributed by atoms with Gasteiger partial charge in [-0.05, 0) is 86.6 Å². The third-order valence-corrected chi connectivity index (χ3v) is 10.3. The Labute approximate surface area is 275 Å². The van der Waals surface area contributed by atoms with Gasteiger partial charge in [0, 0.05) is 27.2 Å². The molecule has 3 aromatic heterocycles. The van der Waals surface area contributed by atoms with Crippen LogP contribution >= 0.6 is 0 Å². The molecule has 48 heavy (non-hydrogen) atoms. The smallest absolute Gasteiger partial charge is 0.147 e. The zero-order valence-corrected chi connectivity index (χ0v) is 25.9. The van der Waals surface area contributed by atoms with Crippen molar-refractivity contribution in [3.8, 4) is 16.8 Å². The molecule has 3 nitrogen and oxygen atoms in total. The van der Waals surface area contributed by atoms with Gasteiger partial charge in [0.1, 0.15) is 5.65 Å². The number of pyridine rings is 1. The molecule has 0 atom stereocenters. The number of imidazole rings is 1. The van der Waals surface area contributed by atoms with Gasteiger partial charge in [0.2, 0.25) is 0 Å². The fourth-order valence-corrected chi connectivity index (χ4v) is 8.12. The highest BCUT2D eigenvalue weighted by atomic mass is 15.0. The van der Waals surface area contributed by atoms with E-state index in [4.69, 9.17) is 4.98 Å². The number of nitrogens with zero attached hydrogens (tertiary/aromatic N) is 3. The number of fused-ring (bicyclic) bond motifs is 15. The highest BCUT2D eigenvalue weighted by molar-refractivity contribution is 6.24. The first-order valence-electron chi connectivity index (χ1n) is 16.5. The van der Waals surface area contributed by atoms with Gasteiger partial charge in [-0.25, -0.2) is 4.98 Å². The Balaban J connectivity index is 1.13. The lowest BCUT2D eigenvalue weighted by Gasteiger charge is -2.13. The summed E-state index contributed by atoms with van der Waals surface area (Å²) in [5, 5.41) is 11.2. The summed E-state index contributed by atoms with van der Waals surface area (Å²) in [6.45, 7) is 0. The van der Waals surface area contributed by atoms with Crippen LogP contribution in [0.4, 0.5) is 0 Å². The van der Waals surface area contributed by atoms with Gasteiger partial charge < -0.3 is 4.57 Å². The van der Waals surface area contributed by atoms with E-state index in [0.717, 1.165) is 22.4 Å². The Kier molecular flexibility index (Phi) is 5.11. The number of para-hydroxylation sites is 3. The van der Waals surface area contributed by atoms with Gasteiger partial charge in [0.05, 0.1) is 27.6 Å². The molecular weight excluding hydrogens is 583 g/mol. The topological polar surface area (TPSA) is 22.2 Å². The van der Waals surface area contributed by atoms with Gasteiger partial charge in [-0.1, -0.05) is 115 Å². The maximum Gasteiger partial charge on any atom is 0.147 e. The average molecular weight is 610 g/mol. The second-order valence-electron chi connectivity index (χ2n) is 12.8. The SMILES string of the molecule is c1ccc2c(c1)ccc1c2c2ccccc2n1-c1ccc(-c2ccc3c(c2)c2ccc4ccccc4c2c2nc4ccccc4n32)cc1. The summed E-state index contributed by atoms with van der Waals surface area (Å²) >= 11 is 0. The van der Waals surface area contributed by atoms with Crippen molar-refractivity contribution in [3.63, 3.8) is 0 Å². The Hall–Kier alpha value is -6.45. The van der Waals surface area contributed by atoms with E-state index in [0.29, 0.717) is 0 Å². The minimum atomic E-state index is 1.01. The molecule has 0 radical (unpaired) electrons. The number of hydrogen-bond donors (Lipinski definition) is 0. The normalized spacial score (nSPS) is 12.2. The molecule has 0 saturated heterocycles. The molecule has 0 spiro atoms. The molecule has 0 saturated carbocycles. The lowest BCUT2D eigenvalue weighted by Crippen LogP contribution is -1.94. The monoisotopic (exact) mass is 609 g/mol. The van der Waals surface area contributed by atoms with Gasteiger partial charge in [-0.3, -0.25) is 4.40 Å². The van der Waals surface area contributed by atoms with Crippen molar-refractivity contribution in [2.24, 2.45) is 0 Å². The third kappa shape index (κ3) is 3.45. The van der Waals surface area contributed by atoms with Crippen LogP contribution < -0.4 is 0 Å². The Morgan fingerprint density at radius 2 is 1.00 bits per heavy atom. The van der Waals surface area contributed by atoms with Crippen LogP contribution in [-0.4, -0.2) is 14.0 Å². The van der Waals surface area contributed by atoms with Crippen LogP contribution in [0.3, 0.4) is 0 Å². The van der Waals surface area contributed by atoms with Gasteiger partial charge in [-0.15, -0.1) is 0 Å². The summed E-state index contributed by atoms with van der Waals surface area (Å²) in [5.74, 6) is 0. The van der Waals surface area contributed by atoms with Crippen molar-refractivity contribution in [2.45, 2.75) is 0 Å². The molecule has 11 rings (SSSR count). The number of rotatable bonds is 2. The first kappa shape index (κ1) is 25.7. The van der Waals surface area contributed by atoms with Crippen LogP contribution in [-0.2, 0) is 0 Å². The maximum absolute atomic E-state index is 5.18. The van der Waals surface area contributed by atoms with Crippen LogP contribution in [0, 0.1) is 0 Å². The van der Waals surface area contributed by atoms with E-state index in [9.17, 15) is 0 Å². The quantitative estimate of drug-likeness (QED) is 0.179. The molecule has 11 aromatic rings. The van der Waals surface area contributed by atoms with E-state index in [-0.39, 0.29) is 0 Å². The second-order valence-corrected chi connectivity index (χ2v) is 12.8. The zero-order valence-electron chi connectivity index (χ0n) is 25.9. The molecule has 0 fully saturated rings. The van der Waals surface area contributed by atoms with E-state index in [2.05, 4.69) is 173 Å². The van der Waals surface area contributed by atoms with Crippen molar-refractivity contribution in [1.29, 1.82) is 0 Å². The molecule has 222 valence electrons. The van der Waals surface area contributed by atoms with Crippen LogP contribution in [0.25, 0.3) is 98.5 Å². The highest BCUT2D eigenvalue weighted by Crippen LogP contribution is 2.40. The fraction of sp³-hybridized carbons (Fsp3) is 0. The first-order valence-corrected chi connectivity index (χ1v) is 16.5. The van der Waals surface area contributed by atoms with Crippen molar-refractivity contribution in [1.82, 2.24) is 14.0 Å². The van der Waals surface area contributed by atoms with E-state index in [1.165, 1.54) is 76.2 Å². The molecule has 0 aliphatic rings. The van der Waals surface area contributed by atoms with Gasteiger partial charge >= 0.3 is 0 Å². The zero-order chi connectivity index (χ0) is 31.3. The van der Waals surface area contributed by atoms with Crippen LogP contribution in [0.5, 0.6) is 0 Å². The Morgan fingerprint density at radius 3 is 1.81 bits per heavy atom. The van der Waals surface area contributed by atoms with Crippen molar-refractivity contribution < 1.29 is 0 Å². The average Bonchev–Trinajstić information content (AvgIpc) is 3.71. The van der Waals surface area contributed by atoms with E-state index in [1.807, 2.05) is 0 Å². The third-order valence-electron chi connectivity index (χ3n) is 10.3. The fourth-order valence-electron chi connectivity index (χ4n) is 8.12. The van der Waals surface area contributed by atoms with Crippen LogP contribution in [0.2, 0.25) is 0 Å². The highest BCUT2D eigenvalue weighted by Gasteiger charge is 2.17. The van der Waals surface area contributed by atoms with Crippen LogP contribution in [0.1, 0.15) is 0 Å². The summed E-state index contributed by atoms with van der Waals surface area (Å²) < 4.78 is 4.75. The first-order chi connectivity index (χ1) is 23.8. The van der Waals surface area contributed by atoms with Gasteiger partial charge in [-0.2, -0.15) is 0 Å². The molecule has 3 heteroatoms. The lowest BCUT2D eigenvalue weighted by molar-refractivity contribution is 1.18. The summed E-state index contributed by atoms with van der Waals surface area (Å²) in [6, 6.07) is 59.5. The van der Waals surface area contributed by atoms with Gasteiger partial charge in [0.25, 0.3) is 0 Å². The Bertz CT molecular complexity index is 3110. The van der Waals surface area contributed by atoms with E-state index >= 15 is 0 Å². The van der Waals surface area contributed by atoms with E-state index < -0.39 is 0 Å². The minimum absolute atomic E-state index is 1.01. The maximum atomic E-state index is 5.18. The largest absolute Gasteiger partial charge is 0.309 e. The summed E-state index contributed by atoms with van der Waals surface area (Å²) in [5.41, 5.74) is 10.3. The number of aromatic nitrogens is 3. The number of benzene rings is 8. The van der Waals surface area contributed by atoms with Crippen molar-refractivity contribution in [2.75, 3.05) is 0 Å². The molecule has 0 unspecified atom stereocenters. The van der Waals surface area contributed by atoms with Gasteiger partial charge in [0.15, 0.2) is 0 Å². The number of hydrogen-bond acceptors (Lipinski definition) is 1. The van der Waals surface area contributed by atoms with E-state index in [1.54, 1.807) is 0 Å². The molecule has 0 aliphatic carbocycles. The standard InChI is InChI=1S/C45H27N3/c1-3-11-33-30(10-1)20-26-42-43(33)36-13-5-7-15-39(36)47(42)32-22-17-28(18-23-32)31-21-25-40-37(27-31)35-24-19-29-9-2-4-12-34(29)44(35)45-46-38-14-6-8-16-41(38)48(40)45/h1-27H. The molecule has 8 aromatic carbocycles. The predicted octanol–water partition coefficient (Wildman–Crippen LogP) is 11.9. The summed E-state index contributed by atoms with van der Waals surface area (Å²) in [4.78, 5) is 5.18. The minimum Gasteiger partial charge on any atom is -0.309 e. The Morgan fingerprint density at radius 1 is 0.375 bits per heavy atom. The second kappa shape index (κ2) is 9.54. The molecule has 0 aliphatic heterocycles. The summed E-state index contributed by atoms with van der Waals surface area (Å²) in [7, 11) is 0. The van der Waals surface area contributed by atoms with Crippen LogP contribution in [0.15, 0.2) is 164 Å². The van der Waals surface area contributed by atoms with Crippen molar-refractivity contribution in [3.05, 3.63) is 164 Å².